The van der Waals surface area contributed by atoms with Crippen LogP contribution in [-0.4, -0.2) is 6.61 Å². The molecule has 0 bridgehead atoms. The Morgan fingerprint density at radius 3 is 3.05 bits per heavy atom. The van der Waals surface area contributed by atoms with E-state index in [9.17, 15) is 9.65 Å². The van der Waals surface area contributed by atoms with Crippen LogP contribution in [0.2, 0.25) is 0 Å². The Balaban J connectivity index is 2.31. The van der Waals surface area contributed by atoms with Crippen LogP contribution in [0.1, 0.15) is 47.4 Å². The van der Waals surface area contributed by atoms with Gasteiger partial charge in [0.05, 0.1) is 24.3 Å². The third-order valence-electron chi connectivity index (χ3n) is 3.91. The van der Waals surface area contributed by atoms with Crippen molar-refractivity contribution >= 4 is 21.4 Å². The largest absolute Gasteiger partial charge is 0.372 e. The van der Waals surface area contributed by atoms with Gasteiger partial charge in [-0.05, 0) is 31.4 Å². The second-order valence-corrected chi connectivity index (χ2v) is 6.24. The third kappa shape index (κ3) is 1.93. The highest BCUT2D eigenvalue weighted by molar-refractivity contribution is 7.19. The lowest BCUT2D eigenvalue weighted by Crippen LogP contribution is -2.14. The summed E-state index contributed by atoms with van der Waals surface area (Å²) < 4.78 is 20.7. The fourth-order valence-corrected chi connectivity index (χ4v) is 4.35. The molecule has 3 rings (SSSR count). The number of rotatable bonds is 2. The van der Waals surface area contributed by atoms with Crippen LogP contribution in [0.5, 0.6) is 0 Å². The molecule has 1 atom stereocenters. The predicted octanol–water partition coefficient (Wildman–Crippen LogP) is 4.63. The number of aryl methyl sites for hydroxylation is 1. The van der Waals surface area contributed by atoms with Gasteiger partial charge in [-0.15, -0.1) is 11.3 Å². The van der Waals surface area contributed by atoms with E-state index in [0.29, 0.717) is 17.7 Å². The maximum atomic E-state index is 13.9. The minimum absolute atomic E-state index is 0.107. The van der Waals surface area contributed by atoms with Crippen LogP contribution in [0.3, 0.4) is 0 Å². The van der Waals surface area contributed by atoms with Gasteiger partial charge in [-0.3, -0.25) is 0 Å². The van der Waals surface area contributed by atoms with Gasteiger partial charge < -0.3 is 4.74 Å². The molecule has 104 valence electrons. The number of thiophene rings is 1. The first kappa shape index (κ1) is 13.5. The summed E-state index contributed by atoms with van der Waals surface area (Å²) in [7, 11) is 0. The molecule has 4 heteroatoms. The molecule has 0 saturated carbocycles. The van der Waals surface area contributed by atoms with Crippen LogP contribution in [0, 0.1) is 24.1 Å². The number of fused-ring (bicyclic) bond motifs is 3. The molecule has 0 amide bonds. The molecular weight excluding hydrogens is 273 g/mol. The van der Waals surface area contributed by atoms with E-state index in [1.807, 2.05) is 0 Å². The number of hydrogen-bond donors (Lipinski definition) is 0. The minimum Gasteiger partial charge on any atom is -0.372 e. The monoisotopic (exact) mass is 289 g/mol. The van der Waals surface area contributed by atoms with Gasteiger partial charge >= 0.3 is 0 Å². The molecule has 0 aliphatic carbocycles. The maximum absolute atomic E-state index is 13.9. The van der Waals surface area contributed by atoms with Crippen molar-refractivity contribution in [1.29, 1.82) is 5.26 Å². The van der Waals surface area contributed by atoms with E-state index in [0.717, 1.165) is 29.3 Å². The predicted molar refractivity (Wildman–Crippen MR) is 78.5 cm³/mol. The molecular formula is C16H16FNOS. The number of nitrogens with zero attached hydrogens (tertiary/aromatic N) is 1. The van der Waals surface area contributed by atoms with E-state index in [1.54, 1.807) is 18.3 Å². The fourth-order valence-electron chi connectivity index (χ4n) is 2.90. The summed E-state index contributed by atoms with van der Waals surface area (Å²) >= 11 is 1.60. The Kier molecular flexibility index (Phi) is 3.49. The number of hydrogen-bond acceptors (Lipinski definition) is 3. The Hall–Kier alpha value is -1.44. The lowest BCUT2D eigenvalue weighted by atomic mass is 9.96. The van der Waals surface area contributed by atoms with Gasteiger partial charge in [0.15, 0.2) is 0 Å². The van der Waals surface area contributed by atoms with Crippen LogP contribution in [0.25, 0.3) is 10.1 Å². The first-order valence-corrected chi connectivity index (χ1v) is 7.75. The summed E-state index contributed by atoms with van der Waals surface area (Å²) in [6.07, 6.45) is 2.95. The first-order valence-electron chi connectivity index (χ1n) is 6.93. The fraction of sp³-hybridized carbons (Fsp3) is 0.438. The molecule has 0 saturated heterocycles. The summed E-state index contributed by atoms with van der Waals surface area (Å²) in [5.41, 5.74) is 2.31. The van der Waals surface area contributed by atoms with E-state index in [4.69, 9.17) is 4.74 Å². The molecule has 0 spiro atoms. The Morgan fingerprint density at radius 1 is 1.55 bits per heavy atom. The molecule has 1 aromatic carbocycles. The first-order chi connectivity index (χ1) is 9.67. The molecule has 2 nitrogen and oxygen atoms in total. The van der Waals surface area contributed by atoms with Crippen LogP contribution >= 0.6 is 11.3 Å². The summed E-state index contributed by atoms with van der Waals surface area (Å²) in [6, 6.07) is 3.52. The lowest BCUT2D eigenvalue weighted by Gasteiger charge is -2.22. The zero-order chi connectivity index (χ0) is 14.3. The Morgan fingerprint density at radius 2 is 2.35 bits per heavy atom. The molecule has 0 N–H and O–H groups in total. The topological polar surface area (TPSA) is 33.0 Å². The van der Waals surface area contributed by atoms with Gasteiger partial charge in [0.2, 0.25) is 0 Å². The average molecular weight is 289 g/mol. The molecule has 0 radical (unpaired) electrons. The van der Waals surface area contributed by atoms with Crippen molar-refractivity contribution < 1.29 is 9.13 Å². The van der Waals surface area contributed by atoms with Gasteiger partial charge in [0.25, 0.3) is 0 Å². The zero-order valence-electron chi connectivity index (χ0n) is 11.6. The normalized spacial score (nSPS) is 18.0. The second kappa shape index (κ2) is 5.16. The maximum Gasteiger partial charge on any atom is 0.128 e. The van der Waals surface area contributed by atoms with Crippen molar-refractivity contribution in [2.24, 2.45) is 0 Å². The van der Waals surface area contributed by atoms with Crippen molar-refractivity contribution in [2.45, 2.75) is 39.2 Å². The third-order valence-corrected chi connectivity index (χ3v) is 5.36. The molecule has 20 heavy (non-hydrogen) atoms. The Bertz CT molecular complexity index is 714. The van der Waals surface area contributed by atoms with E-state index < -0.39 is 0 Å². The van der Waals surface area contributed by atoms with E-state index >= 15 is 0 Å². The smallest absolute Gasteiger partial charge is 0.128 e. The highest BCUT2D eigenvalue weighted by Crippen LogP contribution is 2.44. The molecule has 2 heterocycles. The lowest BCUT2D eigenvalue weighted by molar-refractivity contribution is 0.0395. The summed E-state index contributed by atoms with van der Waals surface area (Å²) in [5.74, 6) is -0.291. The molecule has 1 unspecified atom stereocenters. The molecule has 0 fully saturated rings. The van der Waals surface area contributed by atoms with Crippen molar-refractivity contribution in [3.63, 3.8) is 0 Å². The highest BCUT2D eigenvalue weighted by Gasteiger charge is 2.27. The molecule has 2 aromatic rings. The minimum atomic E-state index is -0.291. The molecule has 1 aliphatic rings. The highest BCUT2D eigenvalue weighted by atomic mass is 32.1. The van der Waals surface area contributed by atoms with E-state index in [-0.39, 0.29) is 11.9 Å². The Labute approximate surface area is 121 Å². The average Bonchev–Trinajstić information content (AvgIpc) is 2.84. The standard InChI is InChI=1S/C16H16FNOS/c1-3-4-13-16-11(5-6-19-13)14-10(8-18)7-12(17)9(2)15(14)20-16/h7,13H,3-6H2,1-2H3. The number of nitriles is 1. The van der Waals surface area contributed by atoms with Crippen LogP contribution in [0.4, 0.5) is 4.39 Å². The molecule has 1 aromatic heterocycles. The zero-order valence-corrected chi connectivity index (χ0v) is 12.4. The summed E-state index contributed by atoms with van der Waals surface area (Å²) in [6.45, 7) is 4.61. The SMILES string of the molecule is CCCC1OCCc2c1sc1c(C)c(F)cc(C#N)c21. The number of ether oxygens (including phenoxy) is 1. The van der Waals surface area contributed by atoms with Crippen molar-refractivity contribution in [3.05, 3.63) is 33.5 Å². The van der Waals surface area contributed by atoms with E-state index in [1.165, 1.54) is 16.5 Å². The van der Waals surface area contributed by atoms with Gasteiger partial charge in [-0.2, -0.15) is 5.26 Å². The van der Waals surface area contributed by atoms with Crippen molar-refractivity contribution in [3.8, 4) is 6.07 Å². The van der Waals surface area contributed by atoms with Crippen molar-refractivity contribution in [2.75, 3.05) is 6.61 Å². The molecule has 1 aliphatic heterocycles. The number of halogens is 1. The van der Waals surface area contributed by atoms with Crippen LogP contribution < -0.4 is 0 Å². The number of benzene rings is 1. The quantitative estimate of drug-likeness (QED) is 0.807. The summed E-state index contributed by atoms with van der Waals surface area (Å²) in [5, 5.41) is 10.3. The van der Waals surface area contributed by atoms with Gasteiger partial charge in [0.1, 0.15) is 5.82 Å². The van der Waals surface area contributed by atoms with E-state index in [2.05, 4.69) is 13.0 Å². The van der Waals surface area contributed by atoms with Crippen LogP contribution in [-0.2, 0) is 11.2 Å². The van der Waals surface area contributed by atoms with Crippen molar-refractivity contribution in [1.82, 2.24) is 0 Å². The van der Waals surface area contributed by atoms with Gasteiger partial charge in [-0.25, -0.2) is 4.39 Å². The van der Waals surface area contributed by atoms with Crippen LogP contribution in [0.15, 0.2) is 6.07 Å². The van der Waals surface area contributed by atoms with Gasteiger partial charge in [-0.1, -0.05) is 13.3 Å². The summed E-state index contributed by atoms with van der Waals surface area (Å²) in [4.78, 5) is 1.19. The van der Waals surface area contributed by atoms with Gasteiger partial charge in [0, 0.05) is 20.5 Å². The second-order valence-electron chi connectivity index (χ2n) is 5.19.